The van der Waals surface area contributed by atoms with Crippen molar-refractivity contribution in [2.24, 2.45) is 0 Å². The number of nitrogens with zero attached hydrogens (tertiary/aromatic N) is 3. The van der Waals surface area contributed by atoms with E-state index in [9.17, 15) is 13.2 Å². The Morgan fingerprint density at radius 2 is 2.09 bits per heavy atom. The van der Waals surface area contributed by atoms with Crippen molar-refractivity contribution in [2.45, 2.75) is 25.7 Å². The van der Waals surface area contributed by atoms with Gasteiger partial charge in [-0.15, -0.1) is 0 Å². The van der Waals surface area contributed by atoms with Gasteiger partial charge in [-0.3, -0.25) is 4.90 Å². The molecule has 1 saturated heterocycles. The van der Waals surface area contributed by atoms with Gasteiger partial charge in [0.2, 0.25) is 5.89 Å². The maximum absolute atomic E-state index is 13.1. The average Bonchev–Trinajstić information content (AvgIpc) is 2.92. The van der Waals surface area contributed by atoms with Crippen molar-refractivity contribution in [3.63, 3.8) is 0 Å². The lowest BCUT2D eigenvalue weighted by atomic mass is 10.0. The molecule has 0 radical (unpaired) electrons. The van der Waals surface area contributed by atoms with Crippen LogP contribution >= 0.6 is 0 Å². The zero-order valence-electron chi connectivity index (χ0n) is 12.5. The molecule has 0 aliphatic carbocycles. The predicted molar refractivity (Wildman–Crippen MR) is 74.4 cm³/mol. The molecule has 8 heteroatoms. The summed E-state index contributed by atoms with van der Waals surface area (Å²) in [7, 11) is 0. The molecule has 2 aromatic rings. The van der Waals surface area contributed by atoms with Crippen molar-refractivity contribution in [1.29, 1.82) is 0 Å². The summed E-state index contributed by atoms with van der Waals surface area (Å²) < 4.78 is 49.9. The van der Waals surface area contributed by atoms with Gasteiger partial charge in [-0.1, -0.05) is 23.4 Å². The van der Waals surface area contributed by atoms with Crippen molar-refractivity contribution in [3.05, 3.63) is 47.1 Å². The number of hydrogen-bond acceptors (Lipinski definition) is 5. The van der Waals surface area contributed by atoms with Crippen LogP contribution in [-0.2, 0) is 17.5 Å². The van der Waals surface area contributed by atoms with E-state index < -0.39 is 17.8 Å². The lowest BCUT2D eigenvalue weighted by molar-refractivity contribution is -0.140. The molecule has 0 saturated carbocycles. The third-order valence-electron chi connectivity index (χ3n) is 3.70. The summed E-state index contributed by atoms with van der Waals surface area (Å²) in [5.74, 6) is 0.986. The van der Waals surface area contributed by atoms with E-state index in [1.165, 1.54) is 12.1 Å². The normalized spacial score (nSPS) is 19.9. The van der Waals surface area contributed by atoms with Crippen LogP contribution in [0.5, 0.6) is 0 Å². The van der Waals surface area contributed by atoms with Crippen molar-refractivity contribution in [2.75, 3.05) is 19.7 Å². The second kappa shape index (κ2) is 6.29. The van der Waals surface area contributed by atoms with Crippen LogP contribution in [0.1, 0.15) is 28.9 Å². The second-order valence-electron chi connectivity index (χ2n) is 5.41. The zero-order chi connectivity index (χ0) is 16.4. The summed E-state index contributed by atoms with van der Waals surface area (Å²) >= 11 is 0. The summed E-state index contributed by atoms with van der Waals surface area (Å²) in [5, 5.41) is 3.82. The number of alkyl halides is 3. The molecule has 0 N–H and O–H groups in total. The highest BCUT2D eigenvalue weighted by atomic mass is 19.4. The largest absolute Gasteiger partial charge is 0.416 e. The number of rotatable bonds is 3. The Kier molecular flexibility index (Phi) is 4.36. The minimum absolute atomic E-state index is 0.161. The number of morpholine rings is 1. The Labute approximate surface area is 131 Å². The van der Waals surface area contributed by atoms with E-state index in [-0.39, 0.29) is 5.56 Å². The molecule has 1 aliphatic rings. The van der Waals surface area contributed by atoms with Gasteiger partial charge >= 0.3 is 6.18 Å². The Morgan fingerprint density at radius 3 is 2.78 bits per heavy atom. The van der Waals surface area contributed by atoms with E-state index >= 15 is 0 Å². The van der Waals surface area contributed by atoms with Gasteiger partial charge in [0.15, 0.2) is 5.82 Å². The van der Waals surface area contributed by atoms with Crippen LogP contribution < -0.4 is 0 Å². The second-order valence-corrected chi connectivity index (χ2v) is 5.41. The topological polar surface area (TPSA) is 51.4 Å². The van der Waals surface area contributed by atoms with Crippen molar-refractivity contribution in [3.8, 4) is 0 Å². The van der Waals surface area contributed by atoms with E-state index in [0.717, 1.165) is 6.07 Å². The Bertz CT molecular complexity index is 672. The molecule has 1 fully saturated rings. The number of aromatic nitrogens is 2. The molecule has 0 amide bonds. The summed E-state index contributed by atoms with van der Waals surface area (Å²) in [6.45, 7) is 3.43. The summed E-state index contributed by atoms with van der Waals surface area (Å²) in [6, 6.07) is 5.53. The number of hydrogen-bond donors (Lipinski definition) is 0. The molecule has 0 unspecified atom stereocenters. The monoisotopic (exact) mass is 327 g/mol. The van der Waals surface area contributed by atoms with Gasteiger partial charge in [-0.25, -0.2) is 0 Å². The van der Waals surface area contributed by atoms with Crippen molar-refractivity contribution >= 4 is 0 Å². The fraction of sp³-hybridized carbons (Fsp3) is 0.467. The fourth-order valence-electron chi connectivity index (χ4n) is 2.68. The molecule has 3 rings (SSSR count). The highest BCUT2D eigenvalue weighted by molar-refractivity contribution is 5.32. The maximum atomic E-state index is 13.1. The van der Waals surface area contributed by atoms with Crippen LogP contribution in [0.4, 0.5) is 13.2 Å². The third-order valence-corrected chi connectivity index (χ3v) is 3.70. The fourth-order valence-corrected chi connectivity index (χ4v) is 2.68. The number of aryl methyl sites for hydroxylation is 1. The SMILES string of the molecule is Cc1nc(CN2CCO[C@H](c3ccccc3C(F)(F)F)C2)no1. The van der Waals surface area contributed by atoms with E-state index in [2.05, 4.69) is 10.1 Å². The molecule has 23 heavy (non-hydrogen) atoms. The molecule has 2 heterocycles. The molecular weight excluding hydrogens is 311 g/mol. The lowest BCUT2D eigenvalue weighted by Crippen LogP contribution is -2.38. The van der Waals surface area contributed by atoms with Crippen LogP contribution in [0, 0.1) is 6.92 Å². The van der Waals surface area contributed by atoms with Crippen LogP contribution in [0.15, 0.2) is 28.8 Å². The highest BCUT2D eigenvalue weighted by Crippen LogP contribution is 2.36. The van der Waals surface area contributed by atoms with Gasteiger partial charge in [0.05, 0.1) is 24.8 Å². The van der Waals surface area contributed by atoms with Crippen molar-refractivity contribution < 1.29 is 22.4 Å². The predicted octanol–water partition coefficient (Wildman–Crippen LogP) is 2.97. The molecule has 0 bridgehead atoms. The number of halogens is 3. The van der Waals surface area contributed by atoms with Gasteiger partial charge in [0.1, 0.15) is 0 Å². The molecule has 1 aromatic carbocycles. The molecule has 1 atom stereocenters. The first kappa shape index (κ1) is 15.9. The molecule has 1 aromatic heterocycles. The van der Waals surface area contributed by atoms with Gasteiger partial charge in [-0.2, -0.15) is 18.2 Å². The van der Waals surface area contributed by atoms with Crippen LogP contribution in [-0.4, -0.2) is 34.7 Å². The first-order valence-corrected chi connectivity index (χ1v) is 7.23. The van der Waals surface area contributed by atoms with E-state index in [1.54, 1.807) is 13.0 Å². The molecule has 5 nitrogen and oxygen atoms in total. The van der Waals surface area contributed by atoms with Crippen LogP contribution in [0.2, 0.25) is 0 Å². The van der Waals surface area contributed by atoms with Gasteiger partial charge < -0.3 is 9.26 Å². The smallest absolute Gasteiger partial charge is 0.371 e. The summed E-state index contributed by atoms with van der Waals surface area (Å²) in [4.78, 5) is 6.08. The first-order chi connectivity index (χ1) is 10.9. The standard InChI is InChI=1S/C15H16F3N3O2/c1-10-19-14(20-23-10)9-21-6-7-22-13(8-21)11-4-2-3-5-12(11)15(16,17)18/h2-5,13H,6-9H2,1H3/t13-/m0/s1. The maximum Gasteiger partial charge on any atom is 0.416 e. The van der Waals surface area contributed by atoms with Crippen LogP contribution in [0.3, 0.4) is 0 Å². The zero-order valence-corrected chi connectivity index (χ0v) is 12.5. The molecule has 124 valence electrons. The Hall–Kier alpha value is -1.93. The van der Waals surface area contributed by atoms with Gasteiger partial charge in [-0.05, 0) is 11.6 Å². The number of ether oxygens (including phenoxy) is 1. The minimum Gasteiger partial charge on any atom is -0.371 e. The van der Waals surface area contributed by atoms with Gasteiger partial charge in [0, 0.05) is 20.0 Å². The average molecular weight is 327 g/mol. The quantitative estimate of drug-likeness (QED) is 0.867. The van der Waals surface area contributed by atoms with E-state index in [0.29, 0.717) is 38.0 Å². The molecule has 0 spiro atoms. The molecular formula is C15H16F3N3O2. The lowest BCUT2D eigenvalue weighted by Gasteiger charge is -2.33. The number of benzene rings is 1. The first-order valence-electron chi connectivity index (χ1n) is 7.23. The third kappa shape index (κ3) is 3.70. The summed E-state index contributed by atoms with van der Waals surface area (Å²) in [5.41, 5.74) is -0.490. The van der Waals surface area contributed by atoms with E-state index in [1.807, 2.05) is 4.90 Å². The van der Waals surface area contributed by atoms with Crippen molar-refractivity contribution in [1.82, 2.24) is 15.0 Å². The van der Waals surface area contributed by atoms with Gasteiger partial charge in [0.25, 0.3) is 0 Å². The Balaban J connectivity index is 1.76. The molecule has 1 aliphatic heterocycles. The van der Waals surface area contributed by atoms with E-state index in [4.69, 9.17) is 9.26 Å². The highest BCUT2D eigenvalue weighted by Gasteiger charge is 2.36. The van der Waals surface area contributed by atoms with Crippen LogP contribution in [0.25, 0.3) is 0 Å². The minimum atomic E-state index is -4.40. The summed E-state index contributed by atoms with van der Waals surface area (Å²) in [6.07, 6.45) is -5.03. The Morgan fingerprint density at radius 1 is 1.30 bits per heavy atom.